The quantitative estimate of drug-likeness (QED) is 0.430. The number of urea groups is 1. The minimum absolute atomic E-state index is 0.00882. The number of benzene rings is 2. The van der Waals surface area contributed by atoms with Gasteiger partial charge in [0.2, 0.25) is 11.8 Å². The number of piperidine rings is 1. The molecule has 4 heterocycles. The van der Waals surface area contributed by atoms with Crippen LogP contribution < -0.4 is 15.6 Å². The molecule has 3 atom stereocenters. The second-order valence-corrected chi connectivity index (χ2v) is 11.4. The van der Waals surface area contributed by atoms with E-state index in [-0.39, 0.29) is 36.9 Å². The van der Waals surface area contributed by atoms with Gasteiger partial charge in [0.05, 0.1) is 13.2 Å². The van der Waals surface area contributed by atoms with Crippen LogP contribution in [0, 0.1) is 11.3 Å². The summed E-state index contributed by atoms with van der Waals surface area (Å²) in [6, 6.07) is 21.4. The Kier molecular flexibility index (Phi) is 7.21. The van der Waals surface area contributed by atoms with Crippen LogP contribution in [-0.2, 0) is 29.1 Å². The fraction of sp³-hybridized carbons (Fsp3) is 0.375. The van der Waals surface area contributed by atoms with Crippen LogP contribution in [0.1, 0.15) is 36.1 Å². The fourth-order valence-corrected chi connectivity index (χ4v) is 6.72. The summed E-state index contributed by atoms with van der Waals surface area (Å²) in [5.74, 6) is 0.00757. The zero-order valence-corrected chi connectivity index (χ0v) is 23.1. The van der Waals surface area contributed by atoms with E-state index >= 15 is 0 Å². The normalized spacial score (nSPS) is 24.1. The molecule has 2 saturated heterocycles. The lowest BCUT2D eigenvalue weighted by Gasteiger charge is -2.47. The van der Waals surface area contributed by atoms with Gasteiger partial charge >= 0.3 is 6.03 Å². The van der Waals surface area contributed by atoms with Crippen molar-refractivity contribution >= 4 is 17.8 Å². The number of imide groups is 2. The van der Waals surface area contributed by atoms with Gasteiger partial charge in [-0.25, -0.2) is 4.79 Å². The third kappa shape index (κ3) is 5.17. The predicted molar refractivity (Wildman–Crippen MR) is 152 cm³/mol. The van der Waals surface area contributed by atoms with E-state index in [9.17, 15) is 19.2 Å². The highest BCUT2D eigenvalue weighted by atomic mass is 16.5. The smallest absolute Gasteiger partial charge is 0.331 e. The molecule has 4 amide bonds. The Morgan fingerprint density at radius 2 is 1.66 bits per heavy atom. The number of likely N-dealkylation sites (tertiary alicyclic amines) is 1. The van der Waals surface area contributed by atoms with Crippen LogP contribution >= 0.6 is 0 Å². The summed E-state index contributed by atoms with van der Waals surface area (Å²) in [6.45, 7) is 4.60. The van der Waals surface area contributed by atoms with Crippen molar-refractivity contribution in [3.63, 3.8) is 0 Å². The molecule has 3 aromatic rings. The minimum Gasteiger partial charge on any atom is -0.494 e. The number of carbonyl (C=O) groups is 3. The first-order valence-corrected chi connectivity index (χ1v) is 14.2. The molecule has 3 aliphatic heterocycles. The minimum atomic E-state index is -1.50. The average molecular weight is 555 g/mol. The second kappa shape index (κ2) is 11.0. The Morgan fingerprint density at radius 3 is 2.41 bits per heavy atom. The molecule has 0 unspecified atom stereocenters. The zero-order chi connectivity index (χ0) is 28.6. The van der Waals surface area contributed by atoms with Gasteiger partial charge in [-0.3, -0.25) is 24.6 Å². The number of rotatable bonds is 8. The molecular weight excluding hydrogens is 520 g/mol. The SMILES string of the molecule is CCOc1ccc(C[C@@]2(CN3C[C@@H]4C[C@H](C3)c3cccc(=O)n3C4)C(=O)NC(=O)N(Cc3ccccc3)C2=O)cc1. The molecule has 1 aromatic heterocycles. The largest absolute Gasteiger partial charge is 0.494 e. The molecule has 212 valence electrons. The molecule has 6 rings (SSSR count). The van der Waals surface area contributed by atoms with Gasteiger partial charge in [-0.1, -0.05) is 48.5 Å². The van der Waals surface area contributed by atoms with E-state index in [4.69, 9.17) is 4.74 Å². The number of amides is 4. The van der Waals surface area contributed by atoms with Crippen LogP contribution in [0.25, 0.3) is 0 Å². The molecule has 41 heavy (non-hydrogen) atoms. The Balaban J connectivity index is 1.34. The van der Waals surface area contributed by atoms with Crippen molar-refractivity contribution in [2.24, 2.45) is 11.3 Å². The molecular formula is C32H34N4O5. The van der Waals surface area contributed by atoms with Crippen molar-refractivity contribution in [1.29, 1.82) is 0 Å². The number of aromatic nitrogens is 1. The van der Waals surface area contributed by atoms with Gasteiger partial charge in [-0.05, 0) is 55.0 Å². The number of ether oxygens (including phenoxy) is 1. The maximum absolute atomic E-state index is 14.4. The van der Waals surface area contributed by atoms with E-state index in [1.165, 1.54) is 4.90 Å². The van der Waals surface area contributed by atoms with Gasteiger partial charge in [0, 0.05) is 43.9 Å². The molecule has 0 radical (unpaired) electrons. The highest BCUT2D eigenvalue weighted by Crippen LogP contribution is 2.38. The van der Waals surface area contributed by atoms with E-state index in [1.807, 2.05) is 72.2 Å². The van der Waals surface area contributed by atoms with Crippen LogP contribution in [-0.4, -0.2) is 58.5 Å². The number of hydrogen-bond donors (Lipinski definition) is 1. The van der Waals surface area contributed by atoms with Crippen molar-refractivity contribution in [3.8, 4) is 5.75 Å². The van der Waals surface area contributed by atoms with Crippen molar-refractivity contribution in [1.82, 2.24) is 19.7 Å². The van der Waals surface area contributed by atoms with Gasteiger partial charge < -0.3 is 14.2 Å². The number of pyridine rings is 1. The van der Waals surface area contributed by atoms with Crippen LogP contribution in [0.4, 0.5) is 4.79 Å². The molecule has 2 bridgehead atoms. The molecule has 0 spiro atoms. The monoisotopic (exact) mass is 554 g/mol. The molecule has 2 aromatic carbocycles. The van der Waals surface area contributed by atoms with Gasteiger partial charge in [-0.15, -0.1) is 0 Å². The standard InChI is InChI=1S/C32H34N4O5/c1-2-41-26-13-11-22(12-14-26)16-32(29(38)33-31(40)36(30(32)39)18-23-7-4-3-5-8-23)21-34-17-24-15-25(20-34)27-9-6-10-28(37)35(27)19-24/h3-14,24-25H,2,15-21H2,1H3,(H,33,38,40)/t24-,25+,32+/m0/s1. The van der Waals surface area contributed by atoms with Crippen molar-refractivity contribution < 1.29 is 19.1 Å². The summed E-state index contributed by atoms with van der Waals surface area (Å²) in [6.07, 6.45) is 1.11. The molecule has 9 heteroatoms. The lowest BCUT2D eigenvalue weighted by atomic mass is 9.75. The van der Waals surface area contributed by atoms with Gasteiger partial charge in [0.1, 0.15) is 11.2 Å². The van der Waals surface area contributed by atoms with E-state index in [1.54, 1.807) is 12.1 Å². The van der Waals surface area contributed by atoms with Crippen molar-refractivity contribution in [2.45, 2.75) is 38.8 Å². The lowest BCUT2D eigenvalue weighted by Crippen LogP contribution is -2.67. The van der Waals surface area contributed by atoms with Crippen molar-refractivity contribution in [2.75, 3.05) is 26.2 Å². The van der Waals surface area contributed by atoms with Crippen LogP contribution in [0.3, 0.4) is 0 Å². The number of nitrogens with zero attached hydrogens (tertiary/aromatic N) is 3. The van der Waals surface area contributed by atoms with E-state index < -0.39 is 23.3 Å². The lowest BCUT2D eigenvalue weighted by molar-refractivity contribution is -0.154. The number of nitrogens with one attached hydrogen (secondary N) is 1. The van der Waals surface area contributed by atoms with Crippen LogP contribution in [0.2, 0.25) is 0 Å². The second-order valence-electron chi connectivity index (χ2n) is 11.4. The van der Waals surface area contributed by atoms with Gasteiger partial charge in [-0.2, -0.15) is 0 Å². The van der Waals surface area contributed by atoms with E-state index in [0.29, 0.717) is 32.0 Å². The topological polar surface area (TPSA) is 101 Å². The highest BCUT2D eigenvalue weighted by Gasteiger charge is 2.55. The predicted octanol–water partition coefficient (Wildman–Crippen LogP) is 3.17. The number of carbonyl (C=O) groups excluding carboxylic acids is 3. The van der Waals surface area contributed by atoms with Gasteiger partial charge in [0.25, 0.3) is 5.56 Å². The maximum Gasteiger partial charge on any atom is 0.331 e. The summed E-state index contributed by atoms with van der Waals surface area (Å²) in [5.41, 5.74) is 1.11. The van der Waals surface area contributed by atoms with E-state index in [2.05, 4.69) is 10.2 Å². The number of barbiturate groups is 1. The Hall–Kier alpha value is -4.24. The first-order valence-electron chi connectivity index (χ1n) is 14.2. The molecule has 3 aliphatic rings. The Morgan fingerprint density at radius 1 is 0.878 bits per heavy atom. The highest BCUT2D eigenvalue weighted by molar-refractivity contribution is 6.19. The van der Waals surface area contributed by atoms with E-state index in [0.717, 1.165) is 23.2 Å². The molecule has 2 fully saturated rings. The van der Waals surface area contributed by atoms with Crippen molar-refractivity contribution in [3.05, 3.63) is 100.0 Å². The Labute approximate surface area is 238 Å². The molecule has 9 nitrogen and oxygen atoms in total. The molecule has 0 saturated carbocycles. The fourth-order valence-electron chi connectivity index (χ4n) is 6.72. The summed E-state index contributed by atoms with van der Waals surface area (Å²) in [4.78, 5) is 57.0. The third-order valence-electron chi connectivity index (χ3n) is 8.53. The average Bonchev–Trinajstić information content (AvgIpc) is 2.96. The summed E-state index contributed by atoms with van der Waals surface area (Å²) in [5, 5.41) is 2.52. The molecule has 0 aliphatic carbocycles. The van der Waals surface area contributed by atoms with Gasteiger partial charge in [0.15, 0.2) is 0 Å². The number of fused-ring (bicyclic) bond motifs is 4. The van der Waals surface area contributed by atoms with Crippen LogP contribution in [0.15, 0.2) is 77.6 Å². The molecule has 1 N–H and O–H groups in total. The summed E-state index contributed by atoms with van der Waals surface area (Å²) < 4.78 is 7.45. The Bertz CT molecular complexity index is 1520. The number of hydrogen-bond acceptors (Lipinski definition) is 6. The first-order chi connectivity index (χ1) is 19.9. The summed E-state index contributed by atoms with van der Waals surface area (Å²) in [7, 11) is 0. The summed E-state index contributed by atoms with van der Waals surface area (Å²) >= 11 is 0. The third-order valence-corrected chi connectivity index (χ3v) is 8.53. The maximum atomic E-state index is 14.4. The zero-order valence-electron chi connectivity index (χ0n) is 23.1. The first kappa shape index (κ1) is 27.0. The van der Waals surface area contributed by atoms with Crippen LogP contribution in [0.5, 0.6) is 5.75 Å².